The molecular weight excluding hydrogens is 302 g/mol. The molecule has 5 heteroatoms. The predicted octanol–water partition coefficient (Wildman–Crippen LogP) is 3.00. The van der Waals surface area contributed by atoms with E-state index in [-0.39, 0.29) is 5.91 Å². The Morgan fingerprint density at radius 1 is 1.29 bits per heavy atom. The van der Waals surface area contributed by atoms with Gasteiger partial charge in [-0.3, -0.25) is 10.0 Å². The number of para-hydroxylation sites is 1. The van der Waals surface area contributed by atoms with Gasteiger partial charge in [-0.25, -0.2) is 5.48 Å². The summed E-state index contributed by atoms with van der Waals surface area (Å²) >= 11 is 0. The molecule has 0 radical (unpaired) electrons. The predicted molar refractivity (Wildman–Crippen MR) is 95.1 cm³/mol. The molecular formula is C19H27N3O2. The second kappa shape index (κ2) is 7.36. The van der Waals surface area contributed by atoms with E-state index in [1.807, 2.05) is 0 Å². The number of likely N-dealkylation sites (N-methyl/N-ethyl adjacent to an activating group) is 1. The number of carbonyl (C=O) groups excluding carboxylic acids is 1. The van der Waals surface area contributed by atoms with Gasteiger partial charge in [-0.1, -0.05) is 24.6 Å². The minimum atomic E-state index is -0.295. The van der Waals surface area contributed by atoms with Crippen molar-refractivity contribution in [3.63, 3.8) is 0 Å². The molecule has 0 aliphatic carbocycles. The Bertz CT molecular complexity index is 736. The summed E-state index contributed by atoms with van der Waals surface area (Å²) in [5, 5.41) is 9.95. The first-order chi connectivity index (χ1) is 11.6. The molecule has 0 spiro atoms. The summed E-state index contributed by atoms with van der Waals surface area (Å²) < 4.78 is 2.50. The fourth-order valence-corrected chi connectivity index (χ4v) is 3.85. The Labute approximate surface area is 143 Å². The molecule has 130 valence electrons. The van der Waals surface area contributed by atoms with Gasteiger partial charge in [0.05, 0.1) is 5.52 Å². The van der Waals surface area contributed by atoms with Crippen LogP contribution < -0.4 is 5.48 Å². The van der Waals surface area contributed by atoms with Crippen molar-refractivity contribution in [3.05, 3.63) is 35.0 Å². The van der Waals surface area contributed by atoms with Crippen molar-refractivity contribution in [1.29, 1.82) is 0 Å². The lowest BCUT2D eigenvalue weighted by Crippen LogP contribution is -2.27. The van der Waals surface area contributed by atoms with Crippen LogP contribution in [0.15, 0.2) is 18.2 Å². The fraction of sp³-hybridized carbons (Fsp3) is 0.526. The van der Waals surface area contributed by atoms with Crippen LogP contribution in [0, 0.1) is 6.92 Å². The van der Waals surface area contributed by atoms with Gasteiger partial charge in [0.2, 0.25) is 5.91 Å². The second-order valence-electron chi connectivity index (χ2n) is 6.88. The van der Waals surface area contributed by atoms with Crippen LogP contribution in [0.3, 0.4) is 0 Å². The Morgan fingerprint density at radius 2 is 2.12 bits per heavy atom. The number of carbonyl (C=O) groups is 1. The number of fused-ring (bicyclic) bond motifs is 3. The highest BCUT2D eigenvalue weighted by Gasteiger charge is 2.22. The van der Waals surface area contributed by atoms with E-state index in [1.54, 1.807) is 5.48 Å². The van der Waals surface area contributed by atoms with Crippen LogP contribution in [-0.2, 0) is 24.3 Å². The highest BCUT2D eigenvalue weighted by Crippen LogP contribution is 2.32. The SMILES string of the molecule is Cc1cccc2c3c(n(CCCCCC(=O)NO)c12)CN(C)CC3. The molecule has 1 amide bonds. The van der Waals surface area contributed by atoms with Gasteiger partial charge >= 0.3 is 0 Å². The molecule has 1 aliphatic heterocycles. The maximum Gasteiger partial charge on any atom is 0.243 e. The van der Waals surface area contributed by atoms with E-state index >= 15 is 0 Å². The molecule has 24 heavy (non-hydrogen) atoms. The number of nitrogens with one attached hydrogen (secondary N) is 1. The molecule has 1 aromatic carbocycles. The molecule has 1 aliphatic rings. The van der Waals surface area contributed by atoms with Crippen LogP contribution in [0.25, 0.3) is 10.9 Å². The minimum absolute atomic E-state index is 0.295. The van der Waals surface area contributed by atoms with Crippen LogP contribution in [0.4, 0.5) is 0 Å². The van der Waals surface area contributed by atoms with Gasteiger partial charge in [0.1, 0.15) is 0 Å². The number of rotatable bonds is 6. The summed E-state index contributed by atoms with van der Waals surface area (Å²) in [5.41, 5.74) is 7.39. The number of hydrogen-bond donors (Lipinski definition) is 2. The number of aryl methyl sites for hydroxylation is 2. The van der Waals surface area contributed by atoms with E-state index in [4.69, 9.17) is 5.21 Å². The highest BCUT2D eigenvalue weighted by atomic mass is 16.5. The molecule has 2 N–H and O–H groups in total. The number of amides is 1. The number of hydroxylamine groups is 1. The first kappa shape index (κ1) is 17.0. The smallest absolute Gasteiger partial charge is 0.243 e. The van der Waals surface area contributed by atoms with E-state index in [0.29, 0.717) is 6.42 Å². The van der Waals surface area contributed by atoms with E-state index < -0.39 is 0 Å². The lowest BCUT2D eigenvalue weighted by atomic mass is 10.0. The molecule has 0 atom stereocenters. The van der Waals surface area contributed by atoms with Gasteiger partial charge in [0.15, 0.2) is 0 Å². The zero-order valence-corrected chi connectivity index (χ0v) is 14.6. The van der Waals surface area contributed by atoms with Crippen molar-refractivity contribution < 1.29 is 10.0 Å². The molecule has 0 saturated carbocycles. The van der Waals surface area contributed by atoms with E-state index in [2.05, 4.69) is 41.6 Å². The zero-order chi connectivity index (χ0) is 17.1. The van der Waals surface area contributed by atoms with Crippen molar-refractivity contribution in [2.24, 2.45) is 0 Å². The van der Waals surface area contributed by atoms with E-state index in [0.717, 1.165) is 45.3 Å². The van der Waals surface area contributed by atoms with Gasteiger partial charge in [0, 0.05) is 37.1 Å². The standard InChI is InChI=1S/C19H27N3O2/c1-14-7-6-8-16-15-10-12-21(2)13-17(15)22(19(14)16)11-5-3-4-9-18(23)20-24/h6-8,24H,3-5,9-13H2,1-2H3,(H,20,23). The van der Waals surface area contributed by atoms with Gasteiger partial charge in [0.25, 0.3) is 0 Å². The Morgan fingerprint density at radius 3 is 2.92 bits per heavy atom. The number of benzene rings is 1. The molecule has 2 heterocycles. The molecule has 0 fully saturated rings. The molecule has 2 aromatic rings. The van der Waals surface area contributed by atoms with Crippen molar-refractivity contribution in [1.82, 2.24) is 14.9 Å². The van der Waals surface area contributed by atoms with Gasteiger partial charge < -0.3 is 9.47 Å². The molecule has 1 aromatic heterocycles. The summed E-state index contributed by atoms with van der Waals surface area (Å²) in [4.78, 5) is 13.5. The van der Waals surface area contributed by atoms with Gasteiger partial charge in [-0.2, -0.15) is 0 Å². The molecule has 0 saturated heterocycles. The molecule has 5 nitrogen and oxygen atoms in total. The van der Waals surface area contributed by atoms with Crippen LogP contribution in [-0.4, -0.2) is 34.2 Å². The summed E-state index contributed by atoms with van der Waals surface area (Å²) in [6.07, 6.45) is 4.36. The van der Waals surface area contributed by atoms with Gasteiger partial charge in [-0.05, 0) is 44.4 Å². The van der Waals surface area contributed by atoms with Crippen molar-refractivity contribution in [3.8, 4) is 0 Å². The summed E-state index contributed by atoms with van der Waals surface area (Å²) in [7, 11) is 2.19. The maximum atomic E-state index is 11.1. The lowest BCUT2D eigenvalue weighted by Gasteiger charge is -2.24. The molecule has 0 bridgehead atoms. The summed E-state index contributed by atoms with van der Waals surface area (Å²) in [6, 6.07) is 6.61. The third-order valence-corrected chi connectivity index (χ3v) is 5.08. The average Bonchev–Trinajstić information content (AvgIpc) is 2.89. The number of nitrogens with zero attached hydrogens (tertiary/aromatic N) is 2. The monoisotopic (exact) mass is 329 g/mol. The van der Waals surface area contributed by atoms with E-state index in [1.165, 1.54) is 27.7 Å². The van der Waals surface area contributed by atoms with E-state index in [9.17, 15) is 4.79 Å². The maximum absolute atomic E-state index is 11.1. The number of unbranched alkanes of at least 4 members (excludes halogenated alkanes) is 2. The Balaban J connectivity index is 1.79. The average molecular weight is 329 g/mol. The van der Waals surface area contributed by atoms with Crippen LogP contribution in [0.1, 0.15) is 42.5 Å². The zero-order valence-electron chi connectivity index (χ0n) is 14.6. The van der Waals surface area contributed by atoms with Crippen LogP contribution in [0.2, 0.25) is 0 Å². The van der Waals surface area contributed by atoms with Crippen LogP contribution in [0.5, 0.6) is 0 Å². The van der Waals surface area contributed by atoms with Crippen molar-refractivity contribution in [2.75, 3.05) is 13.6 Å². The highest BCUT2D eigenvalue weighted by molar-refractivity contribution is 5.88. The first-order valence-electron chi connectivity index (χ1n) is 8.83. The summed E-state index contributed by atoms with van der Waals surface area (Å²) in [5.74, 6) is -0.295. The topological polar surface area (TPSA) is 57.5 Å². The van der Waals surface area contributed by atoms with Crippen molar-refractivity contribution >= 4 is 16.8 Å². The number of aromatic nitrogens is 1. The third kappa shape index (κ3) is 3.32. The minimum Gasteiger partial charge on any atom is -0.343 e. The lowest BCUT2D eigenvalue weighted by molar-refractivity contribution is -0.129. The Kier molecular flexibility index (Phi) is 5.21. The normalized spacial score (nSPS) is 14.8. The Hall–Kier alpha value is -1.85. The number of hydrogen-bond acceptors (Lipinski definition) is 3. The van der Waals surface area contributed by atoms with Crippen LogP contribution >= 0.6 is 0 Å². The fourth-order valence-electron chi connectivity index (χ4n) is 3.85. The second-order valence-corrected chi connectivity index (χ2v) is 6.88. The third-order valence-electron chi connectivity index (χ3n) is 5.08. The quantitative estimate of drug-likeness (QED) is 0.487. The molecule has 0 unspecified atom stereocenters. The van der Waals surface area contributed by atoms with Gasteiger partial charge in [-0.15, -0.1) is 0 Å². The largest absolute Gasteiger partial charge is 0.343 e. The van der Waals surface area contributed by atoms with Crippen molar-refractivity contribution in [2.45, 2.75) is 52.1 Å². The molecule has 3 rings (SSSR count). The summed E-state index contributed by atoms with van der Waals surface area (Å²) in [6.45, 7) is 5.32. The first-order valence-corrected chi connectivity index (χ1v) is 8.83.